The number of hydrogen-bond acceptors (Lipinski definition) is 6. The Bertz CT molecular complexity index is 1080. The third-order valence-electron chi connectivity index (χ3n) is 4.72. The molecule has 1 heterocycles. The first-order valence-corrected chi connectivity index (χ1v) is 12.0. The lowest BCUT2D eigenvalue weighted by Gasteiger charge is -2.37. The van der Waals surface area contributed by atoms with Gasteiger partial charge in [0.2, 0.25) is 0 Å². The van der Waals surface area contributed by atoms with E-state index in [1.807, 2.05) is 32.9 Å². The molecule has 1 aliphatic rings. The third-order valence-corrected chi connectivity index (χ3v) is 6.29. The van der Waals surface area contributed by atoms with E-state index in [9.17, 15) is 13.2 Å². The van der Waals surface area contributed by atoms with Crippen molar-refractivity contribution in [2.75, 3.05) is 31.1 Å². The molecule has 0 bridgehead atoms. The highest BCUT2D eigenvalue weighted by Crippen LogP contribution is 2.27. The highest BCUT2D eigenvalue weighted by atomic mass is 35.5. The van der Waals surface area contributed by atoms with Crippen LogP contribution in [-0.4, -0.2) is 57.4 Å². The van der Waals surface area contributed by atoms with Gasteiger partial charge in [-0.3, -0.25) is 0 Å². The second kappa shape index (κ2) is 9.79. The van der Waals surface area contributed by atoms with Crippen molar-refractivity contribution in [3.8, 4) is 0 Å². The van der Waals surface area contributed by atoms with Crippen LogP contribution in [0.2, 0.25) is 5.02 Å². The zero-order valence-electron chi connectivity index (χ0n) is 18.3. The predicted molar refractivity (Wildman–Crippen MR) is 126 cm³/mol. The van der Waals surface area contributed by atoms with Gasteiger partial charge in [-0.25, -0.2) is 9.63 Å². The molecule has 172 valence electrons. The molecule has 0 aliphatic carbocycles. The molecule has 0 saturated carbocycles. The molecule has 0 atom stereocenters. The maximum atomic E-state index is 12.4. The van der Waals surface area contributed by atoms with E-state index in [1.165, 1.54) is 18.3 Å². The summed E-state index contributed by atoms with van der Waals surface area (Å²) < 4.78 is 30.2. The molecular formula is C22H27ClN4O4S. The van der Waals surface area contributed by atoms with Crippen molar-refractivity contribution in [1.29, 1.82) is 0 Å². The molecule has 3 rings (SSSR count). The quantitative estimate of drug-likeness (QED) is 0.522. The number of nitrogens with one attached hydrogen (secondary N) is 1. The molecule has 2 aromatic carbocycles. The summed E-state index contributed by atoms with van der Waals surface area (Å²) in [5.74, 6) is 0. The minimum Gasteiger partial charge on any atom is -0.444 e. The van der Waals surface area contributed by atoms with Crippen molar-refractivity contribution in [2.45, 2.75) is 31.3 Å². The van der Waals surface area contributed by atoms with Crippen LogP contribution in [0, 0.1) is 0 Å². The van der Waals surface area contributed by atoms with Crippen molar-refractivity contribution < 1.29 is 17.9 Å². The summed E-state index contributed by atoms with van der Waals surface area (Å²) in [6.07, 6.45) is 1.07. The summed E-state index contributed by atoms with van der Waals surface area (Å²) in [4.78, 5) is 18.4. The molecule has 0 unspecified atom stereocenters. The van der Waals surface area contributed by atoms with Gasteiger partial charge in [0.1, 0.15) is 5.60 Å². The fourth-order valence-corrected chi connectivity index (χ4v) is 4.23. The van der Waals surface area contributed by atoms with Gasteiger partial charge < -0.3 is 14.5 Å². The van der Waals surface area contributed by atoms with Crippen LogP contribution < -0.4 is 9.73 Å². The lowest BCUT2D eigenvalue weighted by atomic mass is 10.1. The minimum atomic E-state index is -3.78. The fraction of sp³-hybridized carbons (Fsp3) is 0.364. The van der Waals surface area contributed by atoms with Crippen LogP contribution in [0.4, 0.5) is 10.5 Å². The molecule has 1 aliphatic heterocycles. The van der Waals surface area contributed by atoms with E-state index >= 15 is 0 Å². The number of rotatable bonds is 5. The van der Waals surface area contributed by atoms with Crippen LogP contribution in [0.25, 0.3) is 0 Å². The Labute approximate surface area is 193 Å². The molecular weight excluding hydrogens is 452 g/mol. The average Bonchev–Trinajstić information content (AvgIpc) is 2.74. The second-order valence-electron chi connectivity index (χ2n) is 8.29. The molecule has 1 saturated heterocycles. The van der Waals surface area contributed by atoms with Crippen molar-refractivity contribution in [1.82, 2.24) is 9.73 Å². The number of benzene rings is 2. The van der Waals surface area contributed by atoms with Crippen LogP contribution in [0.5, 0.6) is 0 Å². The third kappa shape index (κ3) is 6.14. The smallest absolute Gasteiger partial charge is 0.410 e. The number of nitrogens with zero attached hydrogens (tertiary/aromatic N) is 3. The van der Waals surface area contributed by atoms with E-state index in [4.69, 9.17) is 16.3 Å². The molecule has 0 spiro atoms. The number of carbonyl (C=O) groups excluding carboxylic acids is 1. The highest BCUT2D eigenvalue weighted by Gasteiger charge is 2.26. The zero-order chi connectivity index (χ0) is 23.4. The van der Waals surface area contributed by atoms with E-state index in [1.54, 1.807) is 29.2 Å². The molecule has 8 nitrogen and oxygen atoms in total. The summed E-state index contributed by atoms with van der Waals surface area (Å²) in [5, 5.41) is 4.38. The second-order valence-corrected chi connectivity index (χ2v) is 10.4. The largest absolute Gasteiger partial charge is 0.444 e. The summed E-state index contributed by atoms with van der Waals surface area (Å²) in [6.45, 7) is 7.67. The van der Waals surface area contributed by atoms with Gasteiger partial charge in [-0.05, 0) is 45.0 Å². The monoisotopic (exact) mass is 478 g/mol. The molecule has 1 fully saturated rings. The molecule has 2 aromatic rings. The summed E-state index contributed by atoms with van der Waals surface area (Å²) >= 11 is 6.39. The fourth-order valence-electron chi connectivity index (χ4n) is 3.20. The van der Waals surface area contributed by atoms with E-state index in [0.717, 1.165) is 5.69 Å². The molecule has 1 N–H and O–H groups in total. The Morgan fingerprint density at radius 2 is 1.72 bits per heavy atom. The topological polar surface area (TPSA) is 91.3 Å². The van der Waals surface area contributed by atoms with Crippen molar-refractivity contribution in [3.05, 3.63) is 59.1 Å². The van der Waals surface area contributed by atoms with Gasteiger partial charge in [0, 0.05) is 37.4 Å². The Kier molecular flexibility index (Phi) is 7.30. The number of piperazine rings is 1. The highest BCUT2D eigenvalue weighted by molar-refractivity contribution is 7.89. The van der Waals surface area contributed by atoms with Crippen LogP contribution in [0.3, 0.4) is 0 Å². The summed E-state index contributed by atoms with van der Waals surface area (Å²) in [5.41, 5.74) is 0.859. The molecule has 1 amide bonds. The predicted octanol–water partition coefficient (Wildman–Crippen LogP) is 3.71. The Morgan fingerprint density at radius 3 is 2.34 bits per heavy atom. The Balaban J connectivity index is 1.71. The molecule has 0 radical (unpaired) electrons. The number of halogens is 1. The van der Waals surface area contributed by atoms with Crippen molar-refractivity contribution in [2.24, 2.45) is 5.10 Å². The van der Waals surface area contributed by atoms with Crippen molar-refractivity contribution >= 4 is 39.6 Å². The van der Waals surface area contributed by atoms with Crippen LogP contribution in [-0.2, 0) is 14.8 Å². The van der Waals surface area contributed by atoms with Crippen molar-refractivity contribution in [3.63, 3.8) is 0 Å². The lowest BCUT2D eigenvalue weighted by Crippen LogP contribution is -2.50. The first-order chi connectivity index (χ1) is 15.1. The van der Waals surface area contributed by atoms with Gasteiger partial charge in [-0.2, -0.15) is 13.5 Å². The van der Waals surface area contributed by atoms with E-state index in [0.29, 0.717) is 36.8 Å². The molecule has 10 heteroatoms. The average molecular weight is 479 g/mol. The maximum absolute atomic E-state index is 12.4. The van der Waals surface area contributed by atoms with E-state index < -0.39 is 15.6 Å². The summed E-state index contributed by atoms with van der Waals surface area (Å²) in [7, 11) is -3.78. The standard InChI is InChI=1S/C22H27ClN4O4S/c1-22(2,3)31-21(28)27-14-12-26(13-15-27)20-11-7-10-19(23)18(20)16-24-25-32(29,30)17-8-5-4-6-9-17/h4-11,16,25H,12-15H2,1-3H3/b24-16-. The van der Waals surface area contributed by atoms with Gasteiger partial charge in [0.15, 0.2) is 0 Å². The maximum Gasteiger partial charge on any atom is 0.410 e. The normalized spacial score (nSPS) is 15.1. The van der Waals surface area contributed by atoms with Gasteiger partial charge in [-0.15, -0.1) is 0 Å². The number of ether oxygens (including phenoxy) is 1. The van der Waals surface area contributed by atoms with Gasteiger partial charge in [0.05, 0.1) is 16.1 Å². The van der Waals surface area contributed by atoms with Gasteiger partial charge in [-0.1, -0.05) is 35.9 Å². The minimum absolute atomic E-state index is 0.120. The zero-order valence-corrected chi connectivity index (χ0v) is 19.9. The summed E-state index contributed by atoms with van der Waals surface area (Å²) in [6, 6.07) is 13.4. The number of amides is 1. The Hall–Kier alpha value is -2.78. The number of hydrazone groups is 1. The number of anilines is 1. The number of hydrogen-bond donors (Lipinski definition) is 1. The lowest BCUT2D eigenvalue weighted by molar-refractivity contribution is 0.0240. The molecule has 0 aromatic heterocycles. The number of carbonyl (C=O) groups is 1. The van der Waals surface area contributed by atoms with Crippen LogP contribution >= 0.6 is 11.6 Å². The molecule has 32 heavy (non-hydrogen) atoms. The first kappa shape index (κ1) is 23.9. The van der Waals surface area contributed by atoms with Gasteiger partial charge >= 0.3 is 6.09 Å². The number of sulfonamides is 1. The van der Waals surface area contributed by atoms with Gasteiger partial charge in [0.25, 0.3) is 10.0 Å². The SMILES string of the molecule is CC(C)(C)OC(=O)N1CCN(c2cccc(Cl)c2/C=N\NS(=O)(=O)c2ccccc2)CC1. The Morgan fingerprint density at radius 1 is 1.06 bits per heavy atom. The first-order valence-electron chi connectivity index (χ1n) is 10.2. The van der Waals surface area contributed by atoms with Crippen LogP contribution in [0.1, 0.15) is 26.3 Å². The van der Waals surface area contributed by atoms with Crippen LogP contribution in [0.15, 0.2) is 58.5 Å². The van der Waals surface area contributed by atoms with E-state index in [2.05, 4.69) is 14.8 Å². The van der Waals surface area contributed by atoms with E-state index in [-0.39, 0.29) is 11.0 Å².